The monoisotopic (exact) mass is 428 g/mol. The molecule has 1 fully saturated rings. The van der Waals surface area contributed by atoms with Crippen molar-refractivity contribution in [1.29, 1.82) is 0 Å². The summed E-state index contributed by atoms with van der Waals surface area (Å²) in [6.07, 6.45) is 0.112. The minimum Gasteiger partial charge on any atom is -0.452 e. The van der Waals surface area contributed by atoms with Gasteiger partial charge in [0.25, 0.3) is 11.8 Å². The van der Waals surface area contributed by atoms with E-state index in [4.69, 9.17) is 16.3 Å². The number of piperidine rings is 1. The summed E-state index contributed by atoms with van der Waals surface area (Å²) in [6, 6.07) is 14.2. The number of hydrogen-bond acceptors (Lipinski definition) is 4. The van der Waals surface area contributed by atoms with Crippen molar-refractivity contribution in [3.63, 3.8) is 0 Å². The molecule has 2 aromatic carbocycles. The fourth-order valence-electron chi connectivity index (χ4n) is 3.38. The van der Waals surface area contributed by atoms with Gasteiger partial charge in [0.15, 0.2) is 6.10 Å². The third kappa shape index (κ3) is 5.60. The zero-order valence-electron chi connectivity index (χ0n) is 17.1. The van der Waals surface area contributed by atoms with Crippen LogP contribution in [0.15, 0.2) is 48.5 Å². The van der Waals surface area contributed by atoms with Crippen molar-refractivity contribution < 1.29 is 19.1 Å². The van der Waals surface area contributed by atoms with Crippen LogP contribution in [-0.4, -0.2) is 41.9 Å². The van der Waals surface area contributed by atoms with Gasteiger partial charge in [0, 0.05) is 29.4 Å². The second-order valence-electron chi connectivity index (χ2n) is 7.51. The molecule has 30 heavy (non-hydrogen) atoms. The normalized spacial score (nSPS) is 15.4. The number of nitrogens with zero attached hydrogens (tertiary/aromatic N) is 1. The van der Waals surface area contributed by atoms with Crippen LogP contribution in [0.5, 0.6) is 0 Å². The number of likely N-dealkylation sites (tertiary alicyclic amines) is 1. The van der Waals surface area contributed by atoms with E-state index < -0.39 is 12.1 Å². The zero-order valence-corrected chi connectivity index (χ0v) is 17.8. The number of amides is 2. The van der Waals surface area contributed by atoms with E-state index in [0.29, 0.717) is 42.2 Å². The zero-order chi connectivity index (χ0) is 21.7. The number of carbonyl (C=O) groups excluding carboxylic acids is 3. The second kappa shape index (κ2) is 9.76. The molecule has 0 spiro atoms. The Hall–Kier alpha value is -2.86. The van der Waals surface area contributed by atoms with Crippen molar-refractivity contribution in [2.45, 2.75) is 32.8 Å². The van der Waals surface area contributed by atoms with E-state index >= 15 is 0 Å². The van der Waals surface area contributed by atoms with E-state index in [1.807, 2.05) is 25.1 Å². The van der Waals surface area contributed by atoms with Gasteiger partial charge in [-0.25, -0.2) is 0 Å². The Morgan fingerprint density at radius 1 is 1.10 bits per heavy atom. The third-order valence-electron chi connectivity index (χ3n) is 5.15. The van der Waals surface area contributed by atoms with E-state index in [0.717, 1.165) is 5.56 Å². The van der Waals surface area contributed by atoms with Crippen molar-refractivity contribution >= 4 is 35.1 Å². The SMILES string of the molecule is Cc1cccc(NC(=O)C(C)OC(=O)C2CCN(C(=O)c3ccc(Cl)cc3)CC2)c1. The number of anilines is 1. The first-order valence-electron chi connectivity index (χ1n) is 9.96. The molecule has 0 aliphatic carbocycles. The molecule has 1 heterocycles. The summed E-state index contributed by atoms with van der Waals surface area (Å²) in [4.78, 5) is 39.1. The lowest BCUT2D eigenvalue weighted by molar-refractivity contribution is -0.158. The second-order valence-corrected chi connectivity index (χ2v) is 7.95. The molecule has 1 unspecified atom stereocenters. The fraction of sp³-hybridized carbons (Fsp3) is 0.348. The van der Waals surface area contributed by atoms with Crippen molar-refractivity contribution in [2.24, 2.45) is 5.92 Å². The van der Waals surface area contributed by atoms with Crippen LogP contribution in [0.2, 0.25) is 5.02 Å². The van der Waals surface area contributed by atoms with Crippen LogP contribution < -0.4 is 5.32 Å². The van der Waals surface area contributed by atoms with Crippen molar-refractivity contribution in [2.75, 3.05) is 18.4 Å². The van der Waals surface area contributed by atoms with Gasteiger partial charge in [0.05, 0.1) is 5.92 Å². The Morgan fingerprint density at radius 2 is 1.77 bits per heavy atom. The number of benzene rings is 2. The summed E-state index contributed by atoms with van der Waals surface area (Å²) in [5, 5.41) is 3.33. The molecular formula is C23H25ClN2O4. The van der Waals surface area contributed by atoms with Crippen molar-refractivity contribution in [1.82, 2.24) is 4.90 Å². The van der Waals surface area contributed by atoms with Crippen molar-refractivity contribution in [3.8, 4) is 0 Å². The van der Waals surface area contributed by atoms with Gasteiger partial charge >= 0.3 is 5.97 Å². The van der Waals surface area contributed by atoms with Crippen LogP contribution in [0, 0.1) is 12.8 Å². The van der Waals surface area contributed by atoms with Gasteiger partial charge in [0.2, 0.25) is 0 Å². The number of nitrogens with one attached hydrogen (secondary N) is 1. The lowest BCUT2D eigenvalue weighted by Gasteiger charge is -2.31. The molecule has 0 bridgehead atoms. The summed E-state index contributed by atoms with van der Waals surface area (Å²) in [5.41, 5.74) is 2.26. The fourth-order valence-corrected chi connectivity index (χ4v) is 3.51. The molecule has 0 radical (unpaired) electrons. The predicted octanol–water partition coefficient (Wildman–Crippen LogP) is 4.07. The molecule has 2 aromatic rings. The van der Waals surface area contributed by atoms with Gasteiger partial charge in [-0.2, -0.15) is 0 Å². The molecule has 1 atom stereocenters. The molecule has 3 rings (SSSR count). The topological polar surface area (TPSA) is 75.7 Å². The minimum absolute atomic E-state index is 0.0793. The summed E-state index contributed by atoms with van der Waals surface area (Å²) in [5.74, 6) is -1.18. The van der Waals surface area contributed by atoms with E-state index in [1.165, 1.54) is 0 Å². The molecule has 1 aliphatic heterocycles. The Labute approximate surface area is 181 Å². The van der Waals surface area contributed by atoms with E-state index in [2.05, 4.69) is 5.32 Å². The highest BCUT2D eigenvalue weighted by atomic mass is 35.5. The molecule has 158 valence electrons. The van der Waals surface area contributed by atoms with Crippen LogP contribution >= 0.6 is 11.6 Å². The van der Waals surface area contributed by atoms with Crippen molar-refractivity contribution in [3.05, 3.63) is 64.7 Å². The number of aryl methyl sites for hydroxylation is 1. The number of hydrogen-bond donors (Lipinski definition) is 1. The van der Waals surface area contributed by atoms with E-state index in [-0.39, 0.29) is 17.7 Å². The molecule has 0 saturated carbocycles. The largest absolute Gasteiger partial charge is 0.452 e. The average molecular weight is 429 g/mol. The number of ether oxygens (including phenoxy) is 1. The summed E-state index contributed by atoms with van der Waals surface area (Å²) >= 11 is 5.87. The molecular weight excluding hydrogens is 404 g/mol. The maximum Gasteiger partial charge on any atom is 0.309 e. The molecule has 7 heteroatoms. The molecule has 6 nitrogen and oxygen atoms in total. The first kappa shape index (κ1) is 21.8. The van der Waals surface area contributed by atoms with Gasteiger partial charge in [-0.05, 0) is 68.7 Å². The molecule has 2 amide bonds. The highest BCUT2D eigenvalue weighted by Crippen LogP contribution is 2.22. The van der Waals surface area contributed by atoms with Crippen LogP contribution in [0.25, 0.3) is 0 Å². The standard InChI is InChI=1S/C23H25ClN2O4/c1-15-4-3-5-20(14-15)25-21(27)16(2)30-23(29)18-10-12-26(13-11-18)22(28)17-6-8-19(24)9-7-17/h3-9,14,16,18H,10-13H2,1-2H3,(H,25,27). The molecule has 0 aromatic heterocycles. The predicted molar refractivity (Wildman–Crippen MR) is 115 cm³/mol. The maximum absolute atomic E-state index is 12.6. The quantitative estimate of drug-likeness (QED) is 0.728. The number of halogens is 1. The summed E-state index contributed by atoms with van der Waals surface area (Å²) in [7, 11) is 0. The maximum atomic E-state index is 12.6. The first-order valence-corrected chi connectivity index (χ1v) is 10.3. The molecule has 1 N–H and O–H groups in total. The number of esters is 1. The Kier molecular flexibility index (Phi) is 7.11. The van der Waals surface area contributed by atoms with Crippen LogP contribution in [-0.2, 0) is 14.3 Å². The lowest BCUT2D eigenvalue weighted by atomic mass is 9.96. The third-order valence-corrected chi connectivity index (χ3v) is 5.41. The molecule has 1 saturated heterocycles. The highest BCUT2D eigenvalue weighted by Gasteiger charge is 2.30. The highest BCUT2D eigenvalue weighted by molar-refractivity contribution is 6.30. The van der Waals surface area contributed by atoms with Crippen LogP contribution in [0.4, 0.5) is 5.69 Å². The number of carbonyl (C=O) groups is 3. The van der Waals surface area contributed by atoms with Gasteiger partial charge < -0.3 is 15.0 Å². The van der Waals surface area contributed by atoms with Crippen LogP contribution in [0.3, 0.4) is 0 Å². The van der Waals surface area contributed by atoms with E-state index in [1.54, 1.807) is 42.2 Å². The Bertz CT molecular complexity index is 921. The Morgan fingerprint density at radius 3 is 2.40 bits per heavy atom. The molecule has 1 aliphatic rings. The lowest BCUT2D eigenvalue weighted by Crippen LogP contribution is -2.41. The Balaban J connectivity index is 1.48. The minimum atomic E-state index is -0.897. The van der Waals surface area contributed by atoms with Crippen LogP contribution in [0.1, 0.15) is 35.7 Å². The van der Waals surface area contributed by atoms with Gasteiger partial charge in [-0.1, -0.05) is 23.7 Å². The van der Waals surface area contributed by atoms with Gasteiger partial charge in [-0.3, -0.25) is 14.4 Å². The average Bonchev–Trinajstić information content (AvgIpc) is 2.74. The summed E-state index contributed by atoms with van der Waals surface area (Å²) in [6.45, 7) is 4.42. The van der Waals surface area contributed by atoms with Gasteiger partial charge in [-0.15, -0.1) is 0 Å². The number of rotatable bonds is 5. The van der Waals surface area contributed by atoms with E-state index in [9.17, 15) is 14.4 Å². The van der Waals surface area contributed by atoms with Gasteiger partial charge in [0.1, 0.15) is 0 Å². The first-order chi connectivity index (χ1) is 14.3. The summed E-state index contributed by atoms with van der Waals surface area (Å²) < 4.78 is 5.38. The smallest absolute Gasteiger partial charge is 0.309 e.